The third kappa shape index (κ3) is 5.16. The molecule has 0 aromatic heterocycles. The molecule has 0 aliphatic rings. The molecule has 0 heterocycles. The summed E-state index contributed by atoms with van der Waals surface area (Å²) in [5.74, 6) is 0. The van der Waals surface area contributed by atoms with E-state index in [1.807, 2.05) is 20.8 Å². The van der Waals surface area contributed by atoms with Crippen LogP contribution in [0.1, 0.15) is 20.8 Å². The highest BCUT2D eigenvalue weighted by molar-refractivity contribution is 6.69. The highest BCUT2D eigenvalue weighted by atomic mass is 35.5. The van der Waals surface area contributed by atoms with E-state index in [0.29, 0.717) is 5.17 Å². The second-order valence-corrected chi connectivity index (χ2v) is 3.09. The molecule has 0 aliphatic carbocycles. The summed E-state index contributed by atoms with van der Waals surface area (Å²) in [5, 5.41) is 0.549. The van der Waals surface area contributed by atoms with Gasteiger partial charge in [-0.25, -0.2) is 5.43 Å². The molecule has 0 bridgehead atoms. The standard InChI is InChI=1S/C8H16ClN3/c1-6(2)12-8(9)7(3)5-11-10-4/h5-6,10-11H,1-4H3/b7-5-,12-8?. The lowest BCUT2D eigenvalue weighted by molar-refractivity contribution is 0.728. The largest absolute Gasteiger partial charge is 0.329 e. The van der Waals surface area contributed by atoms with Gasteiger partial charge in [0.15, 0.2) is 0 Å². The van der Waals surface area contributed by atoms with E-state index in [0.717, 1.165) is 5.57 Å². The van der Waals surface area contributed by atoms with Crippen LogP contribution in [0.4, 0.5) is 0 Å². The first kappa shape index (κ1) is 11.5. The van der Waals surface area contributed by atoms with Gasteiger partial charge in [0.25, 0.3) is 0 Å². The molecule has 3 nitrogen and oxygen atoms in total. The van der Waals surface area contributed by atoms with Gasteiger partial charge < -0.3 is 5.43 Å². The molecule has 0 rings (SSSR count). The van der Waals surface area contributed by atoms with E-state index in [2.05, 4.69) is 15.8 Å². The molecule has 0 atom stereocenters. The fourth-order valence-corrected chi connectivity index (χ4v) is 0.818. The molecule has 0 aromatic rings. The Morgan fingerprint density at radius 1 is 1.50 bits per heavy atom. The minimum absolute atomic E-state index is 0.232. The number of aliphatic imine (C=N–C) groups is 1. The number of rotatable bonds is 4. The lowest BCUT2D eigenvalue weighted by Gasteiger charge is -2.02. The zero-order valence-corrected chi connectivity index (χ0v) is 8.74. The summed E-state index contributed by atoms with van der Waals surface area (Å²) in [5.41, 5.74) is 6.51. The molecule has 0 fully saturated rings. The SMILES string of the molecule is CNN/C=C(/C)C(Cl)=NC(C)C. The first-order valence-corrected chi connectivity index (χ1v) is 4.28. The van der Waals surface area contributed by atoms with E-state index in [4.69, 9.17) is 11.6 Å². The first-order valence-electron chi connectivity index (χ1n) is 3.90. The van der Waals surface area contributed by atoms with E-state index in [-0.39, 0.29) is 6.04 Å². The maximum Gasteiger partial charge on any atom is 0.128 e. The fraction of sp³-hybridized carbons (Fsp3) is 0.625. The summed E-state index contributed by atoms with van der Waals surface area (Å²) in [6.07, 6.45) is 1.77. The van der Waals surface area contributed by atoms with Gasteiger partial charge in [0.2, 0.25) is 0 Å². The second-order valence-electron chi connectivity index (χ2n) is 2.74. The van der Waals surface area contributed by atoms with Crippen LogP contribution in [0.2, 0.25) is 0 Å². The van der Waals surface area contributed by atoms with Gasteiger partial charge in [0, 0.05) is 24.9 Å². The third-order valence-corrected chi connectivity index (χ3v) is 1.53. The van der Waals surface area contributed by atoms with Crippen molar-refractivity contribution in [1.82, 2.24) is 10.9 Å². The molecule has 4 heteroatoms. The zero-order chi connectivity index (χ0) is 9.56. The molecule has 0 aliphatic heterocycles. The average molecular weight is 190 g/mol. The first-order chi connectivity index (χ1) is 5.57. The van der Waals surface area contributed by atoms with Crippen LogP contribution in [0.25, 0.3) is 0 Å². The topological polar surface area (TPSA) is 36.4 Å². The molecule has 0 spiro atoms. The number of nitrogens with zero attached hydrogens (tertiary/aromatic N) is 1. The van der Waals surface area contributed by atoms with Crippen molar-refractivity contribution >= 4 is 16.8 Å². The van der Waals surface area contributed by atoms with Crippen molar-refractivity contribution in [2.75, 3.05) is 7.05 Å². The Hall–Kier alpha value is -0.540. The van der Waals surface area contributed by atoms with E-state index < -0.39 is 0 Å². The monoisotopic (exact) mass is 189 g/mol. The highest BCUT2D eigenvalue weighted by Crippen LogP contribution is 2.02. The van der Waals surface area contributed by atoms with Crippen LogP contribution in [0.15, 0.2) is 16.8 Å². The Bertz CT molecular complexity index is 185. The second kappa shape index (κ2) is 6.03. The minimum Gasteiger partial charge on any atom is -0.329 e. The van der Waals surface area contributed by atoms with Gasteiger partial charge in [-0.3, -0.25) is 4.99 Å². The van der Waals surface area contributed by atoms with E-state index in [9.17, 15) is 0 Å². The smallest absolute Gasteiger partial charge is 0.128 e. The maximum absolute atomic E-state index is 5.88. The molecule has 0 saturated carbocycles. The minimum atomic E-state index is 0.232. The summed E-state index contributed by atoms with van der Waals surface area (Å²) in [6.45, 7) is 5.88. The normalized spacial score (nSPS) is 13.8. The average Bonchev–Trinajstić information content (AvgIpc) is 1.98. The quantitative estimate of drug-likeness (QED) is 0.522. The van der Waals surface area contributed by atoms with Crippen molar-refractivity contribution in [3.8, 4) is 0 Å². The van der Waals surface area contributed by atoms with Gasteiger partial charge in [-0.05, 0) is 20.8 Å². The lowest BCUT2D eigenvalue weighted by Crippen LogP contribution is -2.22. The summed E-state index contributed by atoms with van der Waals surface area (Å²) in [4.78, 5) is 4.18. The highest BCUT2D eigenvalue weighted by Gasteiger charge is 1.97. The zero-order valence-electron chi connectivity index (χ0n) is 7.98. The third-order valence-electron chi connectivity index (χ3n) is 1.13. The van der Waals surface area contributed by atoms with E-state index >= 15 is 0 Å². The number of hydrogen-bond donors (Lipinski definition) is 2. The molecule has 70 valence electrons. The van der Waals surface area contributed by atoms with Crippen molar-refractivity contribution in [3.05, 3.63) is 11.8 Å². The van der Waals surface area contributed by atoms with Gasteiger partial charge in [0.05, 0.1) is 0 Å². The number of nitrogens with one attached hydrogen (secondary N) is 2. The van der Waals surface area contributed by atoms with Crippen molar-refractivity contribution in [1.29, 1.82) is 0 Å². The maximum atomic E-state index is 5.88. The Morgan fingerprint density at radius 2 is 2.08 bits per heavy atom. The number of hydrazine groups is 1. The molecule has 12 heavy (non-hydrogen) atoms. The Balaban J connectivity index is 4.17. The Kier molecular flexibility index (Phi) is 5.76. The van der Waals surface area contributed by atoms with Gasteiger partial charge in [-0.2, -0.15) is 0 Å². The summed E-state index contributed by atoms with van der Waals surface area (Å²) < 4.78 is 0. The van der Waals surface area contributed by atoms with Crippen LogP contribution in [0, 0.1) is 0 Å². The van der Waals surface area contributed by atoms with Crippen LogP contribution >= 0.6 is 11.6 Å². The Morgan fingerprint density at radius 3 is 2.50 bits per heavy atom. The molecule has 2 N–H and O–H groups in total. The molecule has 0 amide bonds. The van der Waals surface area contributed by atoms with Gasteiger partial charge in [-0.15, -0.1) is 0 Å². The van der Waals surface area contributed by atoms with Crippen molar-refractivity contribution < 1.29 is 0 Å². The van der Waals surface area contributed by atoms with E-state index in [1.54, 1.807) is 13.2 Å². The summed E-state index contributed by atoms with van der Waals surface area (Å²) >= 11 is 5.88. The van der Waals surface area contributed by atoms with Crippen molar-refractivity contribution in [2.45, 2.75) is 26.8 Å². The predicted octanol–water partition coefficient (Wildman–Crippen LogP) is 1.66. The summed E-state index contributed by atoms with van der Waals surface area (Å²) in [6, 6.07) is 0.232. The van der Waals surface area contributed by atoms with Gasteiger partial charge in [-0.1, -0.05) is 11.6 Å². The number of allylic oxidation sites excluding steroid dienone is 1. The predicted molar refractivity (Wildman–Crippen MR) is 54.4 cm³/mol. The molecular weight excluding hydrogens is 174 g/mol. The van der Waals surface area contributed by atoms with Crippen LogP contribution < -0.4 is 10.9 Å². The number of halogens is 1. The van der Waals surface area contributed by atoms with Crippen LogP contribution in [0.3, 0.4) is 0 Å². The Labute approximate surface area is 78.9 Å². The molecule has 0 saturated heterocycles. The van der Waals surface area contributed by atoms with Crippen LogP contribution in [0.5, 0.6) is 0 Å². The number of hydrogen-bond acceptors (Lipinski definition) is 3. The van der Waals surface area contributed by atoms with Gasteiger partial charge >= 0.3 is 0 Å². The van der Waals surface area contributed by atoms with Crippen molar-refractivity contribution in [3.63, 3.8) is 0 Å². The lowest BCUT2D eigenvalue weighted by atomic mass is 10.3. The molecular formula is C8H16ClN3. The molecule has 0 radical (unpaired) electrons. The fourth-order valence-electron chi connectivity index (χ4n) is 0.568. The van der Waals surface area contributed by atoms with E-state index in [1.165, 1.54) is 0 Å². The van der Waals surface area contributed by atoms with Crippen LogP contribution in [-0.2, 0) is 0 Å². The molecule has 0 unspecified atom stereocenters. The van der Waals surface area contributed by atoms with Crippen molar-refractivity contribution in [2.24, 2.45) is 4.99 Å². The van der Waals surface area contributed by atoms with Gasteiger partial charge in [0.1, 0.15) is 5.17 Å². The summed E-state index contributed by atoms with van der Waals surface area (Å²) in [7, 11) is 1.79. The van der Waals surface area contributed by atoms with Crippen LogP contribution in [-0.4, -0.2) is 18.3 Å². The molecule has 0 aromatic carbocycles.